The monoisotopic (exact) mass is 349 g/mol. The molecule has 0 bridgehead atoms. The molecule has 26 heavy (non-hydrogen) atoms. The Morgan fingerprint density at radius 3 is 2.31 bits per heavy atom. The molecule has 0 aliphatic heterocycles. The first-order chi connectivity index (χ1) is 12.6. The molecule has 0 aromatic heterocycles. The normalized spacial score (nSPS) is 11.8. The summed E-state index contributed by atoms with van der Waals surface area (Å²) >= 11 is 0. The van der Waals surface area contributed by atoms with Crippen molar-refractivity contribution in [2.75, 3.05) is 20.8 Å². The van der Waals surface area contributed by atoms with Gasteiger partial charge in [0.25, 0.3) is 5.91 Å². The van der Waals surface area contributed by atoms with Crippen molar-refractivity contribution >= 4 is 16.7 Å². The molecule has 4 heteroatoms. The van der Waals surface area contributed by atoms with Gasteiger partial charge in [0, 0.05) is 7.05 Å². The second-order valence-corrected chi connectivity index (χ2v) is 6.25. The van der Waals surface area contributed by atoms with Crippen molar-refractivity contribution in [3.63, 3.8) is 0 Å². The van der Waals surface area contributed by atoms with Crippen LogP contribution in [0.25, 0.3) is 10.8 Å². The molecule has 0 saturated heterocycles. The molecule has 1 atom stereocenters. The minimum atomic E-state index is -0.0629. The van der Waals surface area contributed by atoms with Gasteiger partial charge in [-0.3, -0.25) is 4.79 Å². The van der Waals surface area contributed by atoms with Crippen molar-refractivity contribution in [1.29, 1.82) is 0 Å². The van der Waals surface area contributed by atoms with E-state index in [0.717, 1.165) is 22.1 Å². The van der Waals surface area contributed by atoms with Gasteiger partial charge >= 0.3 is 0 Å². The first kappa shape index (κ1) is 17.8. The topological polar surface area (TPSA) is 38.8 Å². The van der Waals surface area contributed by atoms with Crippen LogP contribution in [0.4, 0.5) is 0 Å². The molecule has 0 radical (unpaired) electrons. The Bertz CT molecular complexity index is 892. The van der Waals surface area contributed by atoms with E-state index < -0.39 is 0 Å². The molecule has 3 aromatic carbocycles. The molecular formula is C22H23NO3. The van der Waals surface area contributed by atoms with Gasteiger partial charge in [0.2, 0.25) is 0 Å². The Labute approximate surface area is 154 Å². The fraction of sp³-hybridized carbons (Fsp3) is 0.227. The van der Waals surface area contributed by atoms with Crippen molar-refractivity contribution in [2.24, 2.45) is 0 Å². The maximum Gasteiger partial charge on any atom is 0.260 e. The van der Waals surface area contributed by atoms with Crippen LogP contribution in [-0.2, 0) is 4.79 Å². The van der Waals surface area contributed by atoms with E-state index in [9.17, 15) is 4.79 Å². The summed E-state index contributed by atoms with van der Waals surface area (Å²) in [6.07, 6.45) is 0. The van der Waals surface area contributed by atoms with E-state index in [4.69, 9.17) is 9.47 Å². The average Bonchev–Trinajstić information content (AvgIpc) is 2.70. The number of likely N-dealkylation sites (N-methyl/N-ethyl adjacent to an activating group) is 1. The number of carbonyl (C=O) groups excluding carboxylic acids is 1. The van der Waals surface area contributed by atoms with Crippen LogP contribution >= 0.6 is 0 Å². The van der Waals surface area contributed by atoms with Crippen molar-refractivity contribution in [3.8, 4) is 11.5 Å². The lowest BCUT2D eigenvalue weighted by molar-refractivity contribution is -0.134. The van der Waals surface area contributed by atoms with E-state index in [-0.39, 0.29) is 18.6 Å². The number of methoxy groups -OCH3 is 1. The standard InChI is InChI=1S/C22H23NO3/c1-16(17-7-5-4-6-8-17)23(2)22(24)15-26-21-12-10-18-9-11-20(25-3)13-19(18)14-21/h4-14,16H,15H2,1-3H3/t16-/m0/s1. The fourth-order valence-electron chi connectivity index (χ4n) is 2.84. The second-order valence-electron chi connectivity index (χ2n) is 6.25. The maximum atomic E-state index is 12.5. The second kappa shape index (κ2) is 7.91. The molecule has 0 aliphatic carbocycles. The Morgan fingerprint density at radius 1 is 0.962 bits per heavy atom. The first-order valence-electron chi connectivity index (χ1n) is 8.59. The first-order valence-corrected chi connectivity index (χ1v) is 8.59. The van der Waals surface area contributed by atoms with Gasteiger partial charge in [-0.25, -0.2) is 0 Å². The van der Waals surface area contributed by atoms with Crippen molar-refractivity contribution in [1.82, 2.24) is 4.90 Å². The SMILES string of the molecule is COc1ccc2ccc(OCC(=O)N(C)[C@@H](C)c3ccccc3)cc2c1. The Kier molecular flexibility index (Phi) is 5.42. The Balaban J connectivity index is 1.66. The van der Waals surface area contributed by atoms with E-state index in [0.29, 0.717) is 5.75 Å². The number of ether oxygens (including phenoxy) is 2. The molecule has 0 heterocycles. The minimum Gasteiger partial charge on any atom is -0.497 e. The number of amides is 1. The van der Waals surface area contributed by atoms with E-state index in [2.05, 4.69) is 0 Å². The molecular weight excluding hydrogens is 326 g/mol. The largest absolute Gasteiger partial charge is 0.497 e. The van der Waals surface area contributed by atoms with Gasteiger partial charge < -0.3 is 14.4 Å². The average molecular weight is 349 g/mol. The third kappa shape index (κ3) is 3.97. The van der Waals surface area contributed by atoms with Gasteiger partial charge in [0.05, 0.1) is 13.2 Å². The number of hydrogen-bond acceptors (Lipinski definition) is 3. The minimum absolute atomic E-state index is 0.00312. The van der Waals surface area contributed by atoms with Gasteiger partial charge in [0.1, 0.15) is 11.5 Å². The summed E-state index contributed by atoms with van der Waals surface area (Å²) in [4.78, 5) is 14.2. The maximum absolute atomic E-state index is 12.5. The van der Waals surface area contributed by atoms with E-state index >= 15 is 0 Å². The third-order valence-corrected chi connectivity index (χ3v) is 4.64. The van der Waals surface area contributed by atoms with Crippen LogP contribution in [0.2, 0.25) is 0 Å². The molecule has 3 aromatic rings. The van der Waals surface area contributed by atoms with Crippen LogP contribution < -0.4 is 9.47 Å². The predicted octanol–water partition coefficient (Wildman–Crippen LogP) is 4.45. The van der Waals surface area contributed by atoms with Crippen LogP contribution in [0.5, 0.6) is 11.5 Å². The number of carbonyl (C=O) groups is 1. The van der Waals surface area contributed by atoms with Gasteiger partial charge in [0.15, 0.2) is 6.61 Å². The third-order valence-electron chi connectivity index (χ3n) is 4.64. The van der Waals surface area contributed by atoms with Gasteiger partial charge in [-0.2, -0.15) is 0 Å². The molecule has 0 saturated carbocycles. The molecule has 4 nitrogen and oxygen atoms in total. The van der Waals surface area contributed by atoms with Crippen molar-refractivity contribution in [3.05, 3.63) is 72.3 Å². The fourth-order valence-corrected chi connectivity index (χ4v) is 2.84. The van der Waals surface area contributed by atoms with Crippen LogP contribution in [0.3, 0.4) is 0 Å². The predicted molar refractivity (Wildman–Crippen MR) is 104 cm³/mol. The smallest absolute Gasteiger partial charge is 0.260 e. The lowest BCUT2D eigenvalue weighted by Gasteiger charge is -2.25. The lowest BCUT2D eigenvalue weighted by Crippen LogP contribution is -2.33. The molecule has 1 amide bonds. The number of nitrogens with zero attached hydrogens (tertiary/aromatic N) is 1. The summed E-state index contributed by atoms with van der Waals surface area (Å²) in [5.41, 5.74) is 1.10. The molecule has 0 N–H and O–H groups in total. The molecule has 0 fully saturated rings. The Hall–Kier alpha value is -3.01. The highest BCUT2D eigenvalue weighted by atomic mass is 16.5. The molecule has 0 unspecified atom stereocenters. The zero-order valence-electron chi connectivity index (χ0n) is 15.3. The summed E-state index contributed by atoms with van der Waals surface area (Å²) in [5.74, 6) is 1.40. The number of benzene rings is 3. The van der Waals surface area contributed by atoms with E-state index in [1.54, 1.807) is 19.1 Å². The van der Waals surface area contributed by atoms with Gasteiger partial charge in [-0.15, -0.1) is 0 Å². The van der Waals surface area contributed by atoms with Crippen LogP contribution in [-0.4, -0.2) is 31.6 Å². The van der Waals surface area contributed by atoms with Crippen LogP contribution in [0.1, 0.15) is 18.5 Å². The zero-order chi connectivity index (χ0) is 18.5. The van der Waals surface area contributed by atoms with Gasteiger partial charge in [-0.05, 0) is 47.5 Å². The number of rotatable bonds is 6. The Morgan fingerprint density at radius 2 is 1.62 bits per heavy atom. The van der Waals surface area contributed by atoms with Crippen molar-refractivity contribution in [2.45, 2.75) is 13.0 Å². The highest BCUT2D eigenvalue weighted by Crippen LogP contribution is 2.25. The summed E-state index contributed by atoms with van der Waals surface area (Å²) in [6.45, 7) is 2.01. The van der Waals surface area contributed by atoms with Crippen molar-refractivity contribution < 1.29 is 14.3 Å². The highest BCUT2D eigenvalue weighted by Gasteiger charge is 2.17. The number of fused-ring (bicyclic) bond motifs is 1. The number of hydrogen-bond donors (Lipinski definition) is 0. The quantitative estimate of drug-likeness (QED) is 0.660. The van der Waals surface area contributed by atoms with Gasteiger partial charge in [-0.1, -0.05) is 42.5 Å². The molecule has 0 spiro atoms. The molecule has 134 valence electrons. The summed E-state index contributed by atoms with van der Waals surface area (Å²) in [5, 5.41) is 2.11. The lowest BCUT2D eigenvalue weighted by atomic mass is 10.1. The van der Waals surface area contributed by atoms with E-state index in [1.807, 2.05) is 73.7 Å². The summed E-state index contributed by atoms with van der Waals surface area (Å²) in [7, 11) is 3.44. The van der Waals surface area contributed by atoms with Crippen LogP contribution in [0.15, 0.2) is 66.7 Å². The zero-order valence-corrected chi connectivity index (χ0v) is 15.3. The molecule has 0 aliphatic rings. The van der Waals surface area contributed by atoms with Crippen LogP contribution in [0, 0.1) is 0 Å². The summed E-state index contributed by atoms with van der Waals surface area (Å²) in [6, 6.07) is 21.6. The molecule has 3 rings (SSSR count). The van der Waals surface area contributed by atoms with E-state index in [1.165, 1.54) is 0 Å². The highest BCUT2D eigenvalue weighted by molar-refractivity contribution is 5.85. The summed E-state index contributed by atoms with van der Waals surface area (Å²) < 4.78 is 11.0.